The Morgan fingerprint density at radius 2 is 0.679 bits per heavy atom. The number of rotatable bonds is 15. The van der Waals surface area contributed by atoms with Gasteiger partial charge in [-0.05, 0) is 127 Å². The van der Waals surface area contributed by atoms with Crippen molar-refractivity contribution in [3.05, 3.63) is 127 Å². The van der Waals surface area contributed by atoms with Gasteiger partial charge in [-0.2, -0.15) is 0 Å². The molecule has 0 bridgehead atoms. The molecule has 0 saturated heterocycles. The van der Waals surface area contributed by atoms with Crippen molar-refractivity contribution < 1.29 is 42.3 Å². The van der Waals surface area contributed by atoms with Gasteiger partial charge in [0.15, 0.2) is 14.3 Å². The fraction of sp³-hybridized carbons (Fsp3) is 0.200. The zero-order valence-electron chi connectivity index (χ0n) is 32.8. The monoisotopic (exact) mass is 792 g/mol. The summed E-state index contributed by atoms with van der Waals surface area (Å²) in [6.07, 6.45) is 0.623. The molecular formula is C45H46O9P2. The van der Waals surface area contributed by atoms with E-state index < -0.39 is 14.3 Å². The van der Waals surface area contributed by atoms with Crippen LogP contribution in [0.25, 0.3) is 11.1 Å². The molecule has 0 heterocycles. The lowest BCUT2D eigenvalue weighted by Gasteiger charge is -2.29. The molecule has 0 spiro atoms. The van der Waals surface area contributed by atoms with Crippen LogP contribution in [0, 0.1) is 0 Å². The first-order valence-electron chi connectivity index (χ1n) is 17.9. The van der Waals surface area contributed by atoms with Crippen LogP contribution in [0.3, 0.4) is 0 Å². The minimum atomic E-state index is -3.86. The zero-order chi connectivity index (χ0) is 40.0. The van der Waals surface area contributed by atoms with E-state index in [0.29, 0.717) is 89.6 Å². The van der Waals surface area contributed by atoms with Gasteiger partial charge in [0.2, 0.25) is 0 Å². The highest BCUT2D eigenvalue weighted by Gasteiger charge is 2.40. The van der Waals surface area contributed by atoms with Gasteiger partial charge in [-0.3, -0.25) is 0 Å². The summed E-state index contributed by atoms with van der Waals surface area (Å²) in [6, 6.07) is 36.3. The van der Waals surface area contributed by atoms with Crippen LogP contribution in [0.2, 0.25) is 0 Å². The van der Waals surface area contributed by atoms with E-state index in [-0.39, 0.29) is 0 Å². The number of hydrogen-bond acceptors (Lipinski definition) is 9. The number of hydrogen-bond donors (Lipinski definition) is 0. The molecule has 0 fully saturated rings. The van der Waals surface area contributed by atoms with Crippen molar-refractivity contribution in [2.75, 3.05) is 49.8 Å². The molecule has 0 aromatic heterocycles. The summed E-state index contributed by atoms with van der Waals surface area (Å²) in [7, 11) is 3.36. The van der Waals surface area contributed by atoms with Crippen molar-refractivity contribution in [3.63, 3.8) is 0 Å². The second-order valence-corrected chi connectivity index (χ2v) is 18.2. The van der Waals surface area contributed by atoms with Crippen LogP contribution < -0.4 is 65.0 Å². The quantitative estimate of drug-likeness (QED) is 0.0997. The summed E-state index contributed by atoms with van der Waals surface area (Å²) in [5.74, 6) is 3.66. The van der Waals surface area contributed by atoms with E-state index >= 15 is 9.13 Å². The lowest BCUT2D eigenvalue weighted by atomic mass is 10.00. The van der Waals surface area contributed by atoms with Crippen LogP contribution in [0.15, 0.2) is 121 Å². The van der Waals surface area contributed by atoms with E-state index in [9.17, 15) is 0 Å². The summed E-state index contributed by atoms with van der Waals surface area (Å²) in [4.78, 5) is 0. The molecule has 0 radical (unpaired) electrons. The molecule has 6 rings (SSSR count). The Balaban J connectivity index is 1.82. The maximum Gasteiger partial charge on any atom is 0.171 e. The van der Waals surface area contributed by atoms with Crippen molar-refractivity contribution in [1.82, 2.24) is 0 Å². The van der Waals surface area contributed by atoms with Gasteiger partial charge < -0.3 is 42.3 Å². The maximum absolute atomic E-state index is 16.6. The number of aryl methyl sites for hydroxylation is 1. The average Bonchev–Trinajstić information content (AvgIpc) is 3.27. The molecule has 0 N–H and O–H groups in total. The average molecular weight is 793 g/mol. The molecule has 0 atom stereocenters. The fourth-order valence-corrected chi connectivity index (χ4v) is 12.6. The molecule has 6 aromatic rings. The molecular weight excluding hydrogens is 746 g/mol. The Morgan fingerprint density at radius 3 is 0.964 bits per heavy atom. The maximum atomic E-state index is 16.6. The second kappa shape index (κ2) is 17.0. The van der Waals surface area contributed by atoms with Crippen LogP contribution in [-0.4, -0.2) is 49.8 Å². The molecule has 0 aliphatic carbocycles. The summed E-state index contributed by atoms with van der Waals surface area (Å²) < 4.78 is 73.5. The van der Waals surface area contributed by atoms with E-state index in [1.807, 2.05) is 43.3 Å². The largest absolute Gasteiger partial charge is 0.497 e. The van der Waals surface area contributed by atoms with E-state index in [2.05, 4.69) is 0 Å². The zero-order valence-corrected chi connectivity index (χ0v) is 34.6. The van der Waals surface area contributed by atoms with Gasteiger partial charge in [0.25, 0.3) is 0 Å². The van der Waals surface area contributed by atoms with Crippen molar-refractivity contribution >= 4 is 46.1 Å². The minimum absolute atomic E-state index is 0.349. The second-order valence-electron chi connectivity index (χ2n) is 12.8. The Morgan fingerprint density at radius 1 is 0.375 bits per heavy atom. The van der Waals surface area contributed by atoms with Crippen molar-refractivity contribution in [3.8, 4) is 51.4 Å². The molecule has 6 aromatic carbocycles. The normalized spacial score (nSPS) is 11.4. The highest BCUT2D eigenvalue weighted by atomic mass is 31.2. The fourth-order valence-electron chi connectivity index (χ4n) is 6.90. The lowest BCUT2D eigenvalue weighted by molar-refractivity contribution is 0.395. The van der Waals surface area contributed by atoms with E-state index in [1.54, 1.807) is 135 Å². The molecule has 11 heteroatoms. The Labute approximate surface area is 328 Å². The molecule has 0 aliphatic rings. The van der Waals surface area contributed by atoms with Gasteiger partial charge in [0.05, 0.1) is 49.8 Å². The van der Waals surface area contributed by atoms with Crippen LogP contribution in [-0.2, 0) is 15.6 Å². The Kier molecular flexibility index (Phi) is 12.2. The first-order chi connectivity index (χ1) is 27.1. The van der Waals surface area contributed by atoms with Gasteiger partial charge in [-0.1, -0.05) is 6.92 Å². The smallest absolute Gasteiger partial charge is 0.171 e. The highest BCUT2D eigenvalue weighted by Crippen LogP contribution is 2.54. The number of methoxy groups -OCH3 is 7. The third-order valence-electron chi connectivity index (χ3n) is 9.95. The summed E-state index contributed by atoms with van der Waals surface area (Å²) in [5.41, 5.74) is 1.81. The first kappa shape index (κ1) is 40.1. The Hall–Kier alpha value is -5.62. The SMILES string of the molecule is CCc1cc(OC)c(-c2c(OC)cc(OC)cc2P(=O)(c2ccc(OC)cc2)c2ccc(OC)cc2)c(P(=O)(c2ccc(OC)cc2)c2ccc(OC)cc2)c1. The predicted octanol–water partition coefficient (Wildman–Crippen LogP) is 7.26. The molecule has 0 amide bonds. The summed E-state index contributed by atoms with van der Waals surface area (Å²) in [5, 5.41) is 3.04. The van der Waals surface area contributed by atoms with Crippen LogP contribution >= 0.6 is 14.3 Å². The summed E-state index contributed by atoms with van der Waals surface area (Å²) in [6.45, 7) is 2.03. The van der Waals surface area contributed by atoms with E-state index in [4.69, 9.17) is 33.2 Å². The van der Waals surface area contributed by atoms with Crippen molar-refractivity contribution in [2.45, 2.75) is 13.3 Å². The van der Waals surface area contributed by atoms with Gasteiger partial charge in [0, 0.05) is 49.0 Å². The predicted molar refractivity (Wildman–Crippen MR) is 226 cm³/mol. The molecule has 0 aliphatic heterocycles. The van der Waals surface area contributed by atoms with Crippen molar-refractivity contribution in [2.24, 2.45) is 0 Å². The Bertz CT molecular complexity index is 2120. The van der Waals surface area contributed by atoms with Gasteiger partial charge in [-0.15, -0.1) is 0 Å². The van der Waals surface area contributed by atoms with Gasteiger partial charge in [-0.25, -0.2) is 0 Å². The third kappa shape index (κ3) is 7.25. The van der Waals surface area contributed by atoms with Crippen LogP contribution in [0.4, 0.5) is 0 Å². The molecule has 0 saturated carbocycles. The third-order valence-corrected chi connectivity index (χ3v) is 16.1. The molecule has 56 heavy (non-hydrogen) atoms. The van der Waals surface area contributed by atoms with Crippen LogP contribution in [0.1, 0.15) is 12.5 Å². The van der Waals surface area contributed by atoms with Crippen LogP contribution in [0.5, 0.6) is 40.2 Å². The topological polar surface area (TPSA) is 98.8 Å². The highest BCUT2D eigenvalue weighted by molar-refractivity contribution is 7.86. The van der Waals surface area contributed by atoms with E-state index in [1.165, 1.54) is 0 Å². The number of benzene rings is 6. The van der Waals surface area contributed by atoms with Crippen molar-refractivity contribution in [1.29, 1.82) is 0 Å². The van der Waals surface area contributed by atoms with Gasteiger partial charge >= 0.3 is 0 Å². The summed E-state index contributed by atoms with van der Waals surface area (Å²) >= 11 is 0. The molecule has 0 unspecified atom stereocenters. The molecule has 290 valence electrons. The minimum Gasteiger partial charge on any atom is -0.497 e. The standard InChI is InChI=1S/C45H46O9P2/c1-9-30-26-40(53-7)44(42(27-30)55(46,36-18-10-31(48-2)11-19-36)37-20-12-32(49-3)13-21-37)45-41(54-8)28-35(52-6)29-43(45)56(47,38-22-14-33(50-4)15-23-38)39-24-16-34(51-5)17-25-39/h10-29H,9H2,1-8H3. The van der Waals surface area contributed by atoms with E-state index in [0.717, 1.165) is 5.56 Å². The first-order valence-corrected chi connectivity index (χ1v) is 21.3. The molecule has 9 nitrogen and oxygen atoms in total. The van der Waals surface area contributed by atoms with Gasteiger partial charge in [0.1, 0.15) is 40.2 Å². The lowest BCUT2D eigenvalue weighted by Crippen LogP contribution is -2.30. The number of ether oxygens (including phenoxy) is 7.